The number of hydrogen-bond acceptors (Lipinski definition) is 4. The summed E-state index contributed by atoms with van der Waals surface area (Å²) in [4.78, 5) is 2.16. The number of rotatable bonds is 4. The van der Waals surface area contributed by atoms with Gasteiger partial charge in [0.15, 0.2) is 0 Å². The topological polar surface area (TPSA) is 47.7 Å². The van der Waals surface area contributed by atoms with Crippen LogP contribution in [0.4, 0.5) is 10.1 Å². The molecule has 2 rings (SSSR count). The molecule has 0 spiro atoms. The van der Waals surface area contributed by atoms with Crippen molar-refractivity contribution in [2.75, 3.05) is 32.2 Å². The molecule has 0 bridgehead atoms. The molecule has 0 radical (unpaired) electrons. The Morgan fingerprint density at radius 3 is 2.25 bits per heavy atom. The van der Waals surface area contributed by atoms with Crippen LogP contribution in [-0.2, 0) is 9.47 Å². The fourth-order valence-corrected chi connectivity index (χ4v) is 2.71. The van der Waals surface area contributed by atoms with Crippen molar-refractivity contribution >= 4 is 5.69 Å². The smallest absolute Gasteiger partial charge is 0.126 e. The van der Waals surface area contributed by atoms with Gasteiger partial charge in [-0.05, 0) is 37.1 Å². The molecule has 0 aromatic heterocycles. The van der Waals surface area contributed by atoms with Crippen LogP contribution >= 0.6 is 0 Å². The summed E-state index contributed by atoms with van der Waals surface area (Å²) in [6.45, 7) is 5.08. The zero-order chi connectivity index (χ0) is 14.9. The maximum Gasteiger partial charge on any atom is 0.126 e. The third-order valence-corrected chi connectivity index (χ3v) is 3.96. The average molecular weight is 282 g/mol. The van der Waals surface area contributed by atoms with Gasteiger partial charge in [-0.25, -0.2) is 4.39 Å². The van der Waals surface area contributed by atoms with E-state index in [-0.39, 0.29) is 24.1 Å². The number of aryl methyl sites for hydroxylation is 1. The van der Waals surface area contributed by atoms with Crippen LogP contribution in [0.25, 0.3) is 0 Å². The Hall–Kier alpha value is -1.17. The average Bonchev–Trinajstić information content (AvgIpc) is 2.84. The molecule has 0 amide bonds. The molecule has 3 unspecified atom stereocenters. The quantitative estimate of drug-likeness (QED) is 0.917. The summed E-state index contributed by atoms with van der Waals surface area (Å²) in [5.74, 6) is -0.216. The molecule has 3 atom stereocenters. The summed E-state index contributed by atoms with van der Waals surface area (Å²) >= 11 is 0. The Labute approximate surface area is 119 Å². The molecule has 1 heterocycles. The van der Waals surface area contributed by atoms with E-state index in [0.29, 0.717) is 5.56 Å². The Balaban J connectivity index is 2.35. The minimum Gasteiger partial charge on any atom is -0.377 e. The fraction of sp³-hybridized carbons (Fsp3) is 0.600. The molecule has 4 nitrogen and oxygen atoms in total. The number of anilines is 1. The highest BCUT2D eigenvalue weighted by molar-refractivity contribution is 5.58. The predicted molar refractivity (Wildman–Crippen MR) is 77.5 cm³/mol. The van der Waals surface area contributed by atoms with Crippen LogP contribution in [0.1, 0.15) is 24.1 Å². The van der Waals surface area contributed by atoms with Crippen molar-refractivity contribution in [2.24, 2.45) is 5.73 Å². The number of ether oxygens (including phenoxy) is 2. The zero-order valence-corrected chi connectivity index (χ0v) is 12.5. The van der Waals surface area contributed by atoms with E-state index >= 15 is 0 Å². The summed E-state index contributed by atoms with van der Waals surface area (Å²) in [5.41, 5.74) is 8.40. The van der Waals surface area contributed by atoms with Crippen LogP contribution in [-0.4, -0.2) is 39.5 Å². The van der Waals surface area contributed by atoms with Gasteiger partial charge >= 0.3 is 0 Å². The lowest BCUT2D eigenvalue weighted by molar-refractivity contribution is -0.00461. The molecule has 1 aromatic carbocycles. The van der Waals surface area contributed by atoms with Crippen molar-refractivity contribution in [3.05, 3.63) is 29.1 Å². The van der Waals surface area contributed by atoms with Crippen molar-refractivity contribution in [1.29, 1.82) is 0 Å². The summed E-state index contributed by atoms with van der Waals surface area (Å²) < 4.78 is 24.7. The molecular formula is C15H23FN2O2. The van der Waals surface area contributed by atoms with E-state index in [1.54, 1.807) is 21.1 Å². The van der Waals surface area contributed by atoms with Crippen LogP contribution in [0, 0.1) is 12.7 Å². The van der Waals surface area contributed by atoms with Gasteiger partial charge in [0.1, 0.15) is 18.0 Å². The SMILES string of the molecule is COC1CN(c2cc(C)c(F)cc2C(C)N)CC1OC. The van der Waals surface area contributed by atoms with Gasteiger partial charge in [-0.1, -0.05) is 0 Å². The lowest BCUT2D eigenvalue weighted by Crippen LogP contribution is -2.27. The summed E-state index contributed by atoms with van der Waals surface area (Å²) in [7, 11) is 3.37. The van der Waals surface area contributed by atoms with Crippen molar-refractivity contribution in [3.63, 3.8) is 0 Å². The molecule has 112 valence electrons. The Morgan fingerprint density at radius 1 is 1.25 bits per heavy atom. The Morgan fingerprint density at radius 2 is 1.80 bits per heavy atom. The number of nitrogens with two attached hydrogens (primary N) is 1. The molecule has 1 aliphatic heterocycles. The third-order valence-electron chi connectivity index (χ3n) is 3.96. The number of halogens is 1. The van der Waals surface area contributed by atoms with E-state index < -0.39 is 0 Å². The van der Waals surface area contributed by atoms with E-state index in [9.17, 15) is 4.39 Å². The highest BCUT2D eigenvalue weighted by atomic mass is 19.1. The number of benzene rings is 1. The molecule has 0 aliphatic carbocycles. The zero-order valence-electron chi connectivity index (χ0n) is 12.5. The highest BCUT2D eigenvalue weighted by Gasteiger charge is 2.34. The first-order valence-electron chi connectivity index (χ1n) is 6.84. The van der Waals surface area contributed by atoms with E-state index in [4.69, 9.17) is 15.2 Å². The van der Waals surface area contributed by atoms with Crippen LogP contribution < -0.4 is 10.6 Å². The van der Waals surface area contributed by atoms with Crippen molar-refractivity contribution in [3.8, 4) is 0 Å². The lowest BCUT2D eigenvalue weighted by atomic mass is 10.0. The molecule has 0 saturated carbocycles. The van der Waals surface area contributed by atoms with Crippen molar-refractivity contribution in [2.45, 2.75) is 32.1 Å². The van der Waals surface area contributed by atoms with Crippen LogP contribution in [0.3, 0.4) is 0 Å². The maximum absolute atomic E-state index is 13.8. The molecular weight excluding hydrogens is 259 g/mol. The van der Waals surface area contributed by atoms with Gasteiger partial charge in [-0.3, -0.25) is 0 Å². The Bertz CT molecular complexity index is 467. The molecule has 1 aromatic rings. The monoisotopic (exact) mass is 282 g/mol. The summed E-state index contributed by atoms with van der Waals surface area (Å²) in [6.07, 6.45) is 0.0394. The normalized spacial score (nSPS) is 24.2. The van der Waals surface area contributed by atoms with Gasteiger partial charge < -0.3 is 20.1 Å². The van der Waals surface area contributed by atoms with Crippen LogP contribution in [0.15, 0.2) is 12.1 Å². The van der Waals surface area contributed by atoms with Gasteiger partial charge in [-0.15, -0.1) is 0 Å². The van der Waals surface area contributed by atoms with Gasteiger partial charge in [0.2, 0.25) is 0 Å². The first kappa shape index (κ1) is 15.2. The largest absolute Gasteiger partial charge is 0.377 e. The van der Waals surface area contributed by atoms with Crippen LogP contribution in [0.2, 0.25) is 0 Å². The van der Waals surface area contributed by atoms with Gasteiger partial charge in [0.25, 0.3) is 0 Å². The molecule has 20 heavy (non-hydrogen) atoms. The molecule has 2 N–H and O–H groups in total. The van der Waals surface area contributed by atoms with Gasteiger partial charge in [0, 0.05) is 39.0 Å². The van der Waals surface area contributed by atoms with Gasteiger partial charge in [0.05, 0.1) is 0 Å². The van der Waals surface area contributed by atoms with E-state index in [1.807, 2.05) is 13.0 Å². The first-order valence-corrected chi connectivity index (χ1v) is 6.84. The van der Waals surface area contributed by atoms with E-state index in [0.717, 1.165) is 24.3 Å². The predicted octanol–water partition coefficient (Wildman–Crippen LogP) is 2.00. The minimum atomic E-state index is -0.220. The second-order valence-electron chi connectivity index (χ2n) is 5.40. The van der Waals surface area contributed by atoms with E-state index in [1.165, 1.54) is 6.07 Å². The second kappa shape index (κ2) is 6.08. The minimum absolute atomic E-state index is 0.0197. The highest BCUT2D eigenvalue weighted by Crippen LogP contribution is 2.31. The maximum atomic E-state index is 13.8. The van der Waals surface area contributed by atoms with Gasteiger partial charge in [-0.2, -0.15) is 0 Å². The number of methoxy groups -OCH3 is 2. The second-order valence-corrected chi connectivity index (χ2v) is 5.40. The van der Waals surface area contributed by atoms with Crippen molar-refractivity contribution < 1.29 is 13.9 Å². The summed E-state index contributed by atoms with van der Waals surface area (Å²) in [6, 6.07) is 3.18. The molecule has 1 fully saturated rings. The molecule has 1 saturated heterocycles. The third kappa shape index (κ3) is 2.80. The standard InChI is InChI=1S/C15H23FN2O2/c1-9-5-13(11(10(2)17)6-12(9)16)18-7-14(19-3)15(8-18)20-4/h5-6,10,14-15H,7-8,17H2,1-4H3. The van der Waals surface area contributed by atoms with Crippen molar-refractivity contribution in [1.82, 2.24) is 0 Å². The van der Waals surface area contributed by atoms with E-state index in [2.05, 4.69) is 4.90 Å². The molecule has 1 aliphatic rings. The number of nitrogens with zero attached hydrogens (tertiary/aromatic N) is 1. The van der Waals surface area contributed by atoms with Crippen LogP contribution in [0.5, 0.6) is 0 Å². The summed E-state index contributed by atoms with van der Waals surface area (Å²) in [5, 5.41) is 0. The molecule has 5 heteroatoms. The lowest BCUT2D eigenvalue weighted by Gasteiger charge is -2.24. The fourth-order valence-electron chi connectivity index (χ4n) is 2.71. The number of hydrogen-bond donors (Lipinski definition) is 1. The Kier molecular flexibility index (Phi) is 4.62. The first-order chi connectivity index (χ1) is 9.47.